The average Bonchev–Trinajstić information content (AvgIpc) is 2.35. The minimum atomic E-state index is 0.224. The second-order valence-corrected chi connectivity index (χ2v) is 5.50. The van der Waals surface area contributed by atoms with Gasteiger partial charge in [-0.15, -0.1) is 0 Å². The highest BCUT2D eigenvalue weighted by Crippen LogP contribution is 2.26. The molecule has 1 saturated heterocycles. The van der Waals surface area contributed by atoms with E-state index in [1.807, 2.05) is 18.0 Å². The zero-order chi connectivity index (χ0) is 13.2. The number of nitrogens with one attached hydrogen (secondary N) is 1. The van der Waals surface area contributed by atoms with E-state index in [0.717, 1.165) is 38.2 Å². The lowest BCUT2D eigenvalue weighted by atomic mass is 10.0. The first-order valence-electron chi connectivity index (χ1n) is 7.05. The molecule has 0 atom stereocenters. The number of fused-ring (bicyclic) bond motifs is 1. The predicted molar refractivity (Wildman–Crippen MR) is 76.4 cm³/mol. The molecule has 1 aromatic rings. The van der Waals surface area contributed by atoms with Gasteiger partial charge in [0.25, 0.3) is 0 Å². The molecule has 0 aromatic heterocycles. The fraction of sp³-hybridized carbons (Fsp3) is 0.533. The number of hydrogen-bond acceptors (Lipinski definition) is 3. The standard InChI is InChI=1S/C15H21N3O/c1-17(13-9-16-10-13)11-15(19)18-8-4-6-12-5-2-3-7-14(12)18/h2-3,5,7,13,16H,4,6,8-11H2,1H3. The molecule has 2 aliphatic heterocycles. The summed E-state index contributed by atoms with van der Waals surface area (Å²) in [5.41, 5.74) is 2.41. The fourth-order valence-electron chi connectivity index (χ4n) is 2.81. The van der Waals surface area contributed by atoms with Crippen LogP contribution in [0.2, 0.25) is 0 Å². The highest BCUT2D eigenvalue weighted by Gasteiger charge is 2.27. The van der Waals surface area contributed by atoms with Gasteiger partial charge in [0.2, 0.25) is 5.91 Å². The van der Waals surface area contributed by atoms with E-state index in [1.54, 1.807) is 0 Å². The van der Waals surface area contributed by atoms with Gasteiger partial charge >= 0.3 is 0 Å². The van der Waals surface area contributed by atoms with Crippen LogP contribution in [0.3, 0.4) is 0 Å². The summed E-state index contributed by atoms with van der Waals surface area (Å²) in [5, 5.41) is 3.24. The van der Waals surface area contributed by atoms with Crippen molar-refractivity contribution >= 4 is 11.6 Å². The molecule has 1 amide bonds. The molecule has 102 valence electrons. The van der Waals surface area contributed by atoms with Crippen LogP contribution in [0.25, 0.3) is 0 Å². The van der Waals surface area contributed by atoms with Crippen molar-refractivity contribution in [2.45, 2.75) is 18.9 Å². The Hall–Kier alpha value is -1.39. The van der Waals surface area contributed by atoms with E-state index in [0.29, 0.717) is 12.6 Å². The van der Waals surface area contributed by atoms with Gasteiger partial charge in [-0.05, 0) is 31.5 Å². The first-order chi connectivity index (χ1) is 9.25. The van der Waals surface area contributed by atoms with E-state index in [-0.39, 0.29) is 5.91 Å². The number of para-hydroxylation sites is 1. The number of carbonyl (C=O) groups excluding carboxylic acids is 1. The van der Waals surface area contributed by atoms with Crippen molar-refractivity contribution in [2.75, 3.05) is 38.1 Å². The lowest BCUT2D eigenvalue weighted by Gasteiger charge is -2.37. The number of benzene rings is 1. The fourth-order valence-corrected chi connectivity index (χ4v) is 2.81. The highest BCUT2D eigenvalue weighted by molar-refractivity contribution is 5.95. The first kappa shape index (κ1) is 12.6. The molecule has 0 spiro atoms. The van der Waals surface area contributed by atoms with Crippen molar-refractivity contribution < 1.29 is 4.79 Å². The number of likely N-dealkylation sites (N-methyl/N-ethyl adjacent to an activating group) is 1. The van der Waals surface area contributed by atoms with Gasteiger partial charge < -0.3 is 10.2 Å². The number of amides is 1. The second kappa shape index (κ2) is 5.31. The number of anilines is 1. The van der Waals surface area contributed by atoms with Crippen LogP contribution in [0.15, 0.2) is 24.3 Å². The molecule has 0 bridgehead atoms. The lowest BCUT2D eigenvalue weighted by Crippen LogP contribution is -2.58. The molecule has 0 unspecified atom stereocenters. The van der Waals surface area contributed by atoms with Crippen molar-refractivity contribution in [1.82, 2.24) is 10.2 Å². The molecule has 2 heterocycles. The number of aryl methyl sites for hydroxylation is 1. The second-order valence-electron chi connectivity index (χ2n) is 5.50. The molecule has 0 aliphatic carbocycles. The summed E-state index contributed by atoms with van der Waals surface area (Å²) in [7, 11) is 2.04. The number of rotatable bonds is 3. The Labute approximate surface area is 114 Å². The molecule has 4 heteroatoms. The lowest BCUT2D eigenvalue weighted by molar-refractivity contribution is -0.120. The summed E-state index contributed by atoms with van der Waals surface area (Å²) in [5.74, 6) is 0.224. The third-order valence-corrected chi connectivity index (χ3v) is 4.18. The Bertz CT molecular complexity index is 470. The van der Waals surface area contributed by atoms with Gasteiger partial charge in [-0.2, -0.15) is 0 Å². The van der Waals surface area contributed by atoms with Crippen molar-refractivity contribution in [2.24, 2.45) is 0 Å². The van der Waals surface area contributed by atoms with Crippen LogP contribution in [0, 0.1) is 0 Å². The van der Waals surface area contributed by atoms with Gasteiger partial charge in [-0.1, -0.05) is 18.2 Å². The van der Waals surface area contributed by atoms with Crippen LogP contribution in [-0.4, -0.2) is 50.1 Å². The Morgan fingerprint density at radius 3 is 2.95 bits per heavy atom. The van der Waals surface area contributed by atoms with E-state index in [1.165, 1.54) is 5.56 Å². The molecule has 3 rings (SSSR count). The Balaban J connectivity index is 1.70. The Morgan fingerprint density at radius 1 is 1.42 bits per heavy atom. The minimum Gasteiger partial charge on any atom is -0.314 e. The van der Waals surface area contributed by atoms with Gasteiger partial charge in [-0.3, -0.25) is 9.69 Å². The van der Waals surface area contributed by atoms with Gasteiger partial charge in [-0.25, -0.2) is 0 Å². The topological polar surface area (TPSA) is 35.6 Å². The summed E-state index contributed by atoms with van der Waals surface area (Å²) in [4.78, 5) is 16.6. The monoisotopic (exact) mass is 259 g/mol. The summed E-state index contributed by atoms with van der Waals surface area (Å²) in [6.45, 7) is 3.37. The van der Waals surface area contributed by atoms with E-state index in [2.05, 4.69) is 28.4 Å². The largest absolute Gasteiger partial charge is 0.314 e. The Morgan fingerprint density at radius 2 is 2.21 bits per heavy atom. The third-order valence-electron chi connectivity index (χ3n) is 4.18. The summed E-state index contributed by atoms with van der Waals surface area (Å²) in [6.07, 6.45) is 2.15. The Kier molecular flexibility index (Phi) is 3.53. The van der Waals surface area contributed by atoms with Crippen LogP contribution in [-0.2, 0) is 11.2 Å². The maximum atomic E-state index is 12.5. The quantitative estimate of drug-likeness (QED) is 0.875. The molecule has 1 N–H and O–H groups in total. The first-order valence-corrected chi connectivity index (χ1v) is 7.05. The molecule has 19 heavy (non-hydrogen) atoms. The number of carbonyl (C=O) groups is 1. The molecule has 1 fully saturated rings. The van der Waals surface area contributed by atoms with Crippen LogP contribution < -0.4 is 10.2 Å². The van der Waals surface area contributed by atoms with E-state index >= 15 is 0 Å². The van der Waals surface area contributed by atoms with Crippen molar-refractivity contribution in [1.29, 1.82) is 0 Å². The van der Waals surface area contributed by atoms with E-state index in [9.17, 15) is 4.79 Å². The van der Waals surface area contributed by atoms with Crippen molar-refractivity contribution in [3.05, 3.63) is 29.8 Å². The molecule has 0 radical (unpaired) electrons. The van der Waals surface area contributed by atoms with Crippen LogP contribution in [0.1, 0.15) is 12.0 Å². The SMILES string of the molecule is CN(CC(=O)N1CCCc2ccccc21)C1CNC1. The highest BCUT2D eigenvalue weighted by atomic mass is 16.2. The minimum absolute atomic E-state index is 0.224. The van der Waals surface area contributed by atoms with Gasteiger partial charge in [0.05, 0.1) is 6.54 Å². The molecule has 1 aromatic carbocycles. The number of hydrogen-bond donors (Lipinski definition) is 1. The smallest absolute Gasteiger partial charge is 0.241 e. The van der Waals surface area contributed by atoms with Gasteiger partial charge in [0, 0.05) is 31.4 Å². The van der Waals surface area contributed by atoms with E-state index in [4.69, 9.17) is 0 Å². The summed E-state index contributed by atoms with van der Waals surface area (Å²) < 4.78 is 0. The van der Waals surface area contributed by atoms with Gasteiger partial charge in [0.15, 0.2) is 0 Å². The molecule has 0 saturated carbocycles. The summed E-state index contributed by atoms with van der Waals surface area (Å²) >= 11 is 0. The summed E-state index contributed by atoms with van der Waals surface area (Å²) in [6, 6.07) is 8.79. The molecular formula is C15H21N3O. The maximum absolute atomic E-state index is 12.5. The third kappa shape index (κ3) is 2.51. The average molecular weight is 259 g/mol. The van der Waals surface area contributed by atoms with E-state index < -0.39 is 0 Å². The van der Waals surface area contributed by atoms with Gasteiger partial charge in [0.1, 0.15) is 0 Å². The van der Waals surface area contributed by atoms with Crippen LogP contribution in [0.4, 0.5) is 5.69 Å². The van der Waals surface area contributed by atoms with Crippen molar-refractivity contribution in [3.8, 4) is 0 Å². The normalized spacial score (nSPS) is 19.2. The zero-order valence-corrected chi connectivity index (χ0v) is 11.4. The van der Waals surface area contributed by atoms with Crippen LogP contribution >= 0.6 is 0 Å². The maximum Gasteiger partial charge on any atom is 0.241 e. The molecular weight excluding hydrogens is 238 g/mol. The number of nitrogens with zero attached hydrogens (tertiary/aromatic N) is 2. The predicted octanol–water partition coefficient (Wildman–Crippen LogP) is 0.869. The van der Waals surface area contributed by atoms with Crippen molar-refractivity contribution in [3.63, 3.8) is 0 Å². The molecule has 2 aliphatic rings. The van der Waals surface area contributed by atoms with Crippen LogP contribution in [0.5, 0.6) is 0 Å². The molecule has 4 nitrogen and oxygen atoms in total. The zero-order valence-electron chi connectivity index (χ0n) is 11.4.